The highest BCUT2D eigenvalue weighted by Gasteiger charge is 2.05. The molecule has 0 bridgehead atoms. The Hall–Kier alpha value is -2.50. The molecule has 0 saturated carbocycles. The van der Waals surface area contributed by atoms with Crippen molar-refractivity contribution in [1.82, 2.24) is 15.2 Å². The zero-order valence-corrected chi connectivity index (χ0v) is 13.9. The van der Waals surface area contributed by atoms with E-state index < -0.39 is 0 Å². The Bertz CT molecular complexity index is 634. The fourth-order valence-corrected chi connectivity index (χ4v) is 2.25. The average molecular weight is 317 g/mol. The molecular weight excluding hydrogens is 293 g/mol. The van der Waals surface area contributed by atoms with E-state index in [9.17, 15) is 4.39 Å². The van der Waals surface area contributed by atoms with Gasteiger partial charge in [-0.15, -0.1) is 0 Å². The van der Waals surface area contributed by atoms with E-state index in [-0.39, 0.29) is 5.82 Å². The van der Waals surface area contributed by atoms with E-state index in [4.69, 9.17) is 0 Å². The Labute approximate surface area is 136 Å². The van der Waals surface area contributed by atoms with Crippen LogP contribution in [0.5, 0.6) is 0 Å². The molecule has 1 aromatic carbocycles. The van der Waals surface area contributed by atoms with E-state index in [2.05, 4.69) is 20.2 Å². The minimum absolute atomic E-state index is 0.218. The second kappa shape index (κ2) is 8.22. The molecule has 2 rings (SSSR count). The normalized spacial score (nSPS) is 11.4. The second-order valence-corrected chi connectivity index (χ2v) is 5.45. The highest BCUT2D eigenvalue weighted by atomic mass is 19.1. The summed E-state index contributed by atoms with van der Waals surface area (Å²) in [7, 11) is 5.38. The molecule has 1 heterocycles. The molecule has 0 aliphatic carbocycles. The van der Waals surface area contributed by atoms with Gasteiger partial charge in [-0.2, -0.15) is 0 Å². The van der Waals surface area contributed by atoms with E-state index in [1.165, 1.54) is 0 Å². The van der Waals surface area contributed by atoms with E-state index >= 15 is 0 Å². The maximum atomic E-state index is 13.9. The summed E-state index contributed by atoms with van der Waals surface area (Å²) in [6, 6.07) is 9.25. The molecule has 23 heavy (non-hydrogen) atoms. The fourth-order valence-electron chi connectivity index (χ4n) is 2.25. The molecule has 5 nitrogen and oxygen atoms in total. The van der Waals surface area contributed by atoms with Gasteiger partial charge in [-0.3, -0.25) is 4.99 Å². The molecule has 0 aliphatic rings. The van der Waals surface area contributed by atoms with Crippen LogP contribution in [0.4, 0.5) is 10.1 Å². The molecule has 124 valence electrons. The number of hydrogen-bond acceptors (Lipinski definition) is 2. The Kier molecular flexibility index (Phi) is 6.02. The zero-order chi connectivity index (χ0) is 16.7. The second-order valence-electron chi connectivity index (χ2n) is 5.45. The van der Waals surface area contributed by atoms with Crippen LogP contribution in [0.15, 0.2) is 47.7 Å². The summed E-state index contributed by atoms with van der Waals surface area (Å²) in [5.74, 6) is 0.485. The monoisotopic (exact) mass is 317 g/mol. The number of hydrogen-bond donors (Lipinski definition) is 2. The summed E-state index contributed by atoms with van der Waals surface area (Å²) in [6.07, 6.45) is 4.04. The van der Waals surface area contributed by atoms with E-state index in [1.807, 2.05) is 44.7 Å². The van der Waals surface area contributed by atoms with Crippen LogP contribution in [0.2, 0.25) is 0 Å². The molecule has 0 unspecified atom stereocenters. The van der Waals surface area contributed by atoms with Crippen molar-refractivity contribution in [2.75, 3.05) is 32.6 Å². The van der Waals surface area contributed by atoms with Gasteiger partial charge in [0.2, 0.25) is 0 Å². The first-order valence-electron chi connectivity index (χ1n) is 7.61. The van der Waals surface area contributed by atoms with Crippen LogP contribution in [0.1, 0.15) is 5.56 Å². The van der Waals surface area contributed by atoms with Gasteiger partial charge in [-0.05, 0) is 29.8 Å². The molecule has 0 atom stereocenters. The highest BCUT2D eigenvalue weighted by Crippen LogP contribution is 2.18. The minimum atomic E-state index is -0.218. The lowest BCUT2D eigenvalue weighted by Crippen LogP contribution is -2.38. The Morgan fingerprint density at radius 2 is 1.96 bits per heavy atom. The van der Waals surface area contributed by atoms with Crippen molar-refractivity contribution in [2.24, 2.45) is 4.99 Å². The largest absolute Gasteiger partial charge is 0.375 e. The predicted octanol–water partition coefficient (Wildman–Crippen LogP) is 2.06. The Morgan fingerprint density at radius 3 is 2.57 bits per heavy atom. The van der Waals surface area contributed by atoms with Crippen molar-refractivity contribution in [1.29, 1.82) is 0 Å². The van der Waals surface area contributed by atoms with Gasteiger partial charge in [0, 0.05) is 53.2 Å². The van der Waals surface area contributed by atoms with Crippen molar-refractivity contribution in [3.8, 4) is 0 Å². The predicted molar refractivity (Wildman–Crippen MR) is 93.4 cm³/mol. The number of rotatable bonds is 6. The molecule has 0 fully saturated rings. The molecule has 2 N–H and O–H groups in total. The lowest BCUT2D eigenvalue weighted by atomic mass is 10.2. The third-order valence-electron chi connectivity index (χ3n) is 3.51. The molecule has 2 aromatic rings. The third-order valence-corrected chi connectivity index (χ3v) is 3.51. The number of halogens is 1. The van der Waals surface area contributed by atoms with Crippen LogP contribution in [-0.2, 0) is 13.1 Å². The van der Waals surface area contributed by atoms with Crippen LogP contribution in [-0.4, -0.2) is 38.2 Å². The minimum Gasteiger partial charge on any atom is -0.375 e. The van der Waals surface area contributed by atoms with E-state index in [1.54, 1.807) is 24.1 Å². The van der Waals surface area contributed by atoms with Gasteiger partial charge in [-0.1, -0.05) is 6.07 Å². The first kappa shape index (κ1) is 16.9. The van der Waals surface area contributed by atoms with Gasteiger partial charge in [-0.25, -0.2) is 4.39 Å². The fraction of sp³-hybridized carbons (Fsp3) is 0.353. The maximum Gasteiger partial charge on any atom is 0.191 e. The zero-order valence-electron chi connectivity index (χ0n) is 13.9. The number of aromatic nitrogens is 1. The molecule has 0 saturated heterocycles. The van der Waals surface area contributed by atoms with Gasteiger partial charge in [0.15, 0.2) is 5.96 Å². The van der Waals surface area contributed by atoms with Crippen LogP contribution in [0, 0.1) is 5.82 Å². The van der Waals surface area contributed by atoms with Crippen molar-refractivity contribution in [2.45, 2.75) is 13.1 Å². The van der Waals surface area contributed by atoms with Gasteiger partial charge >= 0.3 is 0 Å². The van der Waals surface area contributed by atoms with Crippen molar-refractivity contribution >= 4 is 11.6 Å². The van der Waals surface area contributed by atoms with Crippen molar-refractivity contribution in [3.63, 3.8) is 0 Å². The first-order chi connectivity index (χ1) is 11.1. The third kappa shape index (κ3) is 5.02. The molecule has 0 spiro atoms. The molecule has 0 amide bonds. The number of nitrogens with one attached hydrogen (secondary N) is 2. The summed E-state index contributed by atoms with van der Waals surface area (Å²) in [4.78, 5) is 5.93. The number of nitrogens with zero attached hydrogens (tertiary/aromatic N) is 3. The summed E-state index contributed by atoms with van der Waals surface area (Å²) in [5, 5.41) is 6.43. The van der Waals surface area contributed by atoms with Crippen molar-refractivity contribution in [3.05, 3.63) is 54.1 Å². The van der Waals surface area contributed by atoms with Crippen molar-refractivity contribution < 1.29 is 4.39 Å². The molecular formula is C17H24FN5. The van der Waals surface area contributed by atoms with Gasteiger partial charge in [0.25, 0.3) is 0 Å². The Balaban J connectivity index is 1.82. The van der Waals surface area contributed by atoms with Crippen LogP contribution >= 0.6 is 0 Å². The van der Waals surface area contributed by atoms with E-state index in [0.717, 1.165) is 18.7 Å². The first-order valence-corrected chi connectivity index (χ1v) is 7.61. The van der Waals surface area contributed by atoms with Gasteiger partial charge < -0.3 is 20.1 Å². The lowest BCUT2D eigenvalue weighted by molar-refractivity contribution is 0.622. The Morgan fingerprint density at radius 1 is 1.22 bits per heavy atom. The number of guanidine groups is 1. The number of aliphatic imine (C=N–C) groups is 1. The van der Waals surface area contributed by atoms with Gasteiger partial charge in [0.05, 0.1) is 5.69 Å². The topological polar surface area (TPSA) is 44.6 Å². The smallest absolute Gasteiger partial charge is 0.191 e. The molecule has 6 heteroatoms. The standard InChI is InChI=1S/C17H24FN5/c1-19-17(20-8-11-23-9-4-5-10-23)21-13-14-6-7-16(22(2)3)15(18)12-14/h4-7,9-10,12H,8,11,13H2,1-3H3,(H2,19,20,21). The summed E-state index contributed by atoms with van der Waals surface area (Å²) >= 11 is 0. The van der Waals surface area contributed by atoms with E-state index in [0.29, 0.717) is 18.2 Å². The number of anilines is 1. The van der Waals surface area contributed by atoms with Crippen LogP contribution < -0.4 is 15.5 Å². The molecule has 1 aromatic heterocycles. The molecule has 0 radical (unpaired) electrons. The van der Waals surface area contributed by atoms with Crippen LogP contribution in [0.25, 0.3) is 0 Å². The summed E-state index contributed by atoms with van der Waals surface area (Å²) in [5.41, 5.74) is 1.46. The summed E-state index contributed by atoms with van der Waals surface area (Å²) in [6.45, 7) is 2.15. The molecule has 0 aliphatic heterocycles. The number of benzene rings is 1. The maximum absolute atomic E-state index is 13.9. The SMILES string of the molecule is CN=C(NCCn1cccc1)NCc1ccc(N(C)C)c(F)c1. The van der Waals surface area contributed by atoms with Gasteiger partial charge in [0.1, 0.15) is 5.82 Å². The lowest BCUT2D eigenvalue weighted by Gasteiger charge is -2.15. The van der Waals surface area contributed by atoms with Crippen LogP contribution in [0.3, 0.4) is 0 Å². The highest BCUT2D eigenvalue weighted by molar-refractivity contribution is 5.79. The average Bonchev–Trinajstić information content (AvgIpc) is 3.03. The quantitative estimate of drug-likeness (QED) is 0.633. The summed E-state index contributed by atoms with van der Waals surface area (Å²) < 4.78 is 16.0.